The molecule has 1 aromatic heterocycles. The number of hydrogen-bond donors (Lipinski definition) is 2. The molecule has 0 aliphatic carbocycles. The molecule has 5 nitrogen and oxygen atoms in total. The number of rotatable bonds is 2. The number of halogens is 1. The Morgan fingerprint density at radius 3 is 2.83 bits per heavy atom. The highest BCUT2D eigenvalue weighted by Gasteiger charge is 2.13. The van der Waals surface area contributed by atoms with E-state index in [0.29, 0.717) is 10.3 Å². The van der Waals surface area contributed by atoms with Crippen LogP contribution in [0, 0.1) is 0 Å². The molecule has 0 aromatic carbocycles. The Morgan fingerprint density at radius 1 is 1.67 bits per heavy atom. The number of aromatic carboxylic acids is 1. The summed E-state index contributed by atoms with van der Waals surface area (Å²) in [6.07, 6.45) is 1.19. The first kappa shape index (κ1) is 8.92. The number of hydrogen-bond acceptors (Lipinski definition) is 4. The number of carbonyl (C=O) groups is 1. The summed E-state index contributed by atoms with van der Waals surface area (Å²) >= 11 is 3.07. The van der Waals surface area contributed by atoms with Gasteiger partial charge in [-0.2, -0.15) is 0 Å². The molecule has 0 unspecified atom stereocenters. The molecule has 12 heavy (non-hydrogen) atoms. The minimum Gasteiger partial charge on any atom is -0.476 e. The Kier molecular flexibility index (Phi) is 2.59. The van der Waals surface area contributed by atoms with Gasteiger partial charge >= 0.3 is 5.97 Å². The monoisotopic (exact) mass is 231 g/mol. The van der Waals surface area contributed by atoms with E-state index in [4.69, 9.17) is 5.11 Å². The van der Waals surface area contributed by atoms with Gasteiger partial charge in [-0.05, 0) is 15.9 Å². The number of carboxylic acids is 1. The van der Waals surface area contributed by atoms with Crippen LogP contribution in [0.1, 0.15) is 10.5 Å². The number of nitrogens with zero attached hydrogens (tertiary/aromatic N) is 2. The van der Waals surface area contributed by atoms with Gasteiger partial charge in [0.05, 0.1) is 4.47 Å². The molecule has 0 atom stereocenters. The molecule has 0 radical (unpaired) electrons. The first-order valence-corrected chi connectivity index (χ1v) is 3.87. The van der Waals surface area contributed by atoms with Gasteiger partial charge in [0.2, 0.25) is 0 Å². The summed E-state index contributed by atoms with van der Waals surface area (Å²) in [6, 6.07) is 0. The van der Waals surface area contributed by atoms with Crippen molar-refractivity contribution in [3.63, 3.8) is 0 Å². The minimum atomic E-state index is -1.08. The fourth-order valence-corrected chi connectivity index (χ4v) is 1.27. The molecule has 6 heteroatoms. The third-order valence-corrected chi connectivity index (χ3v) is 1.98. The standard InChI is InChI=1S/C6H6BrN3O2/c1-8-5-3(7)4(6(11)12)9-2-10-5/h2H,1H3,(H,11,12)(H,8,9,10). The molecule has 0 aliphatic heterocycles. The quantitative estimate of drug-likeness (QED) is 0.794. The third kappa shape index (κ3) is 1.53. The van der Waals surface area contributed by atoms with E-state index in [1.165, 1.54) is 6.33 Å². The van der Waals surface area contributed by atoms with Gasteiger partial charge < -0.3 is 10.4 Å². The van der Waals surface area contributed by atoms with Crippen molar-refractivity contribution >= 4 is 27.7 Å². The fraction of sp³-hybridized carbons (Fsp3) is 0.167. The van der Waals surface area contributed by atoms with Crippen LogP contribution in [0.25, 0.3) is 0 Å². The highest BCUT2D eigenvalue weighted by atomic mass is 79.9. The molecule has 1 heterocycles. The summed E-state index contributed by atoms with van der Waals surface area (Å²) < 4.78 is 0.361. The zero-order valence-electron chi connectivity index (χ0n) is 6.21. The Morgan fingerprint density at radius 2 is 2.33 bits per heavy atom. The molecular weight excluding hydrogens is 226 g/mol. The van der Waals surface area contributed by atoms with Crippen LogP contribution in [0.5, 0.6) is 0 Å². The van der Waals surface area contributed by atoms with Gasteiger partial charge in [0.15, 0.2) is 5.69 Å². The van der Waals surface area contributed by atoms with Gasteiger partial charge in [-0.25, -0.2) is 14.8 Å². The van der Waals surface area contributed by atoms with Crippen LogP contribution in [0.15, 0.2) is 10.8 Å². The van der Waals surface area contributed by atoms with Gasteiger partial charge in [0.25, 0.3) is 0 Å². The van der Waals surface area contributed by atoms with E-state index in [1.54, 1.807) is 7.05 Å². The van der Waals surface area contributed by atoms with Gasteiger partial charge in [-0.1, -0.05) is 0 Å². The van der Waals surface area contributed by atoms with Crippen LogP contribution in [-0.2, 0) is 0 Å². The van der Waals surface area contributed by atoms with E-state index < -0.39 is 5.97 Å². The largest absolute Gasteiger partial charge is 0.476 e. The molecule has 1 rings (SSSR count). The van der Waals surface area contributed by atoms with Gasteiger partial charge in [0.1, 0.15) is 12.1 Å². The zero-order valence-corrected chi connectivity index (χ0v) is 7.79. The lowest BCUT2D eigenvalue weighted by Crippen LogP contribution is -2.05. The maximum Gasteiger partial charge on any atom is 0.355 e. The van der Waals surface area contributed by atoms with Gasteiger partial charge in [-0.15, -0.1) is 0 Å². The van der Waals surface area contributed by atoms with Crippen LogP contribution < -0.4 is 5.32 Å². The minimum absolute atomic E-state index is 0.0469. The lowest BCUT2D eigenvalue weighted by atomic mass is 10.4. The summed E-state index contributed by atoms with van der Waals surface area (Å²) in [5.41, 5.74) is -0.0469. The summed E-state index contributed by atoms with van der Waals surface area (Å²) in [7, 11) is 1.65. The lowest BCUT2D eigenvalue weighted by molar-refractivity contribution is 0.0689. The van der Waals surface area contributed by atoms with E-state index in [9.17, 15) is 4.79 Å². The average Bonchev–Trinajstić information content (AvgIpc) is 2.04. The maximum atomic E-state index is 10.5. The Hall–Kier alpha value is -1.17. The predicted octanol–water partition coefficient (Wildman–Crippen LogP) is 0.979. The predicted molar refractivity (Wildman–Crippen MR) is 46.2 cm³/mol. The van der Waals surface area contributed by atoms with E-state index in [2.05, 4.69) is 31.2 Å². The summed E-state index contributed by atoms with van der Waals surface area (Å²) in [4.78, 5) is 17.9. The normalized spacial score (nSPS) is 9.50. The fourth-order valence-electron chi connectivity index (χ4n) is 0.693. The van der Waals surface area contributed by atoms with Crippen molar-refractivity contribution in [3.8, 4) is 0 Å². The number of carboxylic acid groups (broad SMARTS) is 1. The van der Waals surface area contributed by atoms with Gasteiger partial charge in [-0.3, -0.25) is 0 Å². The first-order valence-electron chi connectivity index (χ1n) is 3.08. The van der Waals surface area contributed by atoms with Crippen LogP contribution >= 0.6 is 15.9 Å². The maximum absolute atomic E-state index is 10.5. The third-order valence-electron chi connectivity index (χ3n) is 1.23. The van der Waals surface area contributed by atoms with E-state index in [0.717, 1.165) is 0 Å². The topological polar surface area (TPSA) is 75.1 Å². The van der Waals surface area contributed by atoms with Crippen LogP contribution in [0.3, 0.4) is 0 Å². The smallest absolute Gasteiger partial charge is 0.355 e. The lowest BCUT2D eigenvalue weighted by Gasteiger charge is -2.02. The second-order valence-corrected chi connectivity index (χ2v) is 2.73. The van der Waals surface area contributed by atoms with Crippen molar-refractivity contribution in [1.29, 1.82) is 0 Å². The average molecular weight is 232 g/mol. The van der Waals surface area contributed by atoms with E-state index in [-0.39, 0.29) is 5.69 Å². The second-order valence-electron chi connectivity index (χ2n) is 1.94. The molecule has 0 saturated carbocycles. The van der Waals surface area contributed by atoms with Crippen molar-refractivity contribution in [2.75, 3.05) is 12.4 Å². The Labute approximate surface area is 77.0 Å². The van der Waals surface area contributed by atoms with Crippen molar-refractivity contribution in [2.24, 2.45) is 0 Å². The SMILES string of the molecule is CNc1ncnc(C(=O)O)c1Br. The molecule has 0 spiro atoms. The number of aromatic nitrogens is 2. The highest BCUT2D eigenvalue weighted by molar-refractivity contribution is 9.10. The second kappa shape index (κ2) is 3.48. The molecule has 1 aromatic rings. The molecule has 0 saturated heterocycles. The van der Waals surface area contributed by atoms with Crippen molar-refractivity contribution < 1.29 is 9.90 Å². The molecular formula is C6H6BrN3O2. The molecule has 2 N–H and O–H groups in total. The van der Waals surface area contributed by atoms with Crippen molar-refractivity contribution in [3.05, 3.63) is 16.5 Å². The van der Waals surface area contributed by atoms with E-state index >= 15 is 0 Å². The molecule has 0 bridgehead atoms. The van der Waals surface area contributed by atoms with Gasteiger partial charge in [0, 0.05) is 7.05 Å². The first-order chi connectivity index (χ1) is 5.66. The zero-order chi connectivity index (χ0) is 9.14. The van der Waals surface area contributed by atoms with Crippen LogP contribution in [0.2, 0.25) is 0 Å². The molecule has 0 fully saturated rings. The molecule has 0 aliphatic rings. The molecule has 0 amide bonds. The highest BCUT2D eigenvalue weighted by Crippen LogP contribution is 2.21. The summed E-state index contributed by atoms with van der Waals surface area (Å²) in [5.74, 6) is -0.622. The number of anilines is 1. The summed E-state index contributed by atoms with van der Waals surface area (Å²) in [5, 5.41) is 11.4. The van der Waals surface area contributed by atoms with Crippen molar-refractivity contribution in [1.82, 2.24) is 9.97 Å². The van der Waals surface area contributed by atoms with Crippen LogP contribution in [0.4, 0.5) is 5.82 Å². The Balaban J connectivity index is 3.23. The van der Waals surface area contributed by atoms with Crippen LogP contribution in [-0.4, -0.2) is 28.1 Å². The van der Waals surface area contributed by atoms with Crippen molar-refractivity contribution in [2.45, 2.75) is 0 Å². The molecule has 64 valence electrons. The van der Waals surface area contributed by atoms with E-state index in [1.807, 2.05) is 0 Å². The summed E-state index contributed by atoms with van der Waals surface area (Å²) in [6.45, 7) is 0. The Bertz CT molecular complexity index is 316. The number of nitrogens with one attached hydrogen (secondary N) is 1.